The van der Waals surface area contributed by atoms with Crippen molar-refractivity contribution in [2.45, 2.75) is 58.5 Å². The topological polar surface area (TPSA) is 43.6 Å². The van der Waals surface area contributed by atoms with Gasteiger partial charge in [0.2, 0.25) is 5.90 Å². The van der Waals surface area contributed by atoms with Crippen LogP contribution in [0.1, 0.15) is 72.8 Å². The van der Waals surface area contributed by atoms with Crippen LogP contribution in [0.4, 0.5) is 8.78 Å². The summed E-state index contributed by atoms with van der Waals surface area (Å²) in [5, 5.41) is 0.876. The third-order valence-corrected chi connectivity index (χ3v) is 6.95. The first-order chi connectivity index (χ1) is 18.1. The number of halogens is 2. The maximum Gasteiger partial charge on any atom is 0.216 e. The number of ether oxygens (including phenoxy) is 1. The molecule has 3 aromatic carbocycles. The van der Waals surface area contributed by atoms with Gasteiger partial charge in [0.15, 0.2) is 17.4 Å². The second kappa shape index (κ2) is 10.2. The van der Waals surface area contributed by atoms with Crippen molar-refractivity contribution in [1.82, 2.24) is 4.57 Å². The summed E-state index contributed by atoms with van der Waals surface area (Å²) in [6.07, 6.45) is 0.526. The smallest absolute Gasteiger partial charge is 0.216 e. The Labute approximate surface area is 222 Å². The Morgan fingerprint density at radius 1 is 1.00 bits per heavy atom. The molecule has 0 saturated heterocycles. The molecular weight excluding hydrogens is 482 g/mol. The molecule has 4 aromatic rings. The van der Waals surface area contributed by atoms with E-state index in [2.05, 4.69) is 36.6 Å². The monoisotopic (exact) mass is 514 g/mol. The fourth-order valence-corrected chi connectivity index (χ4v) is 5.14. The summed E-state index contributed by atoms with van der Waals surface area (Å²) in [6, 6.07) is 20.0. The standard InChI is InChI=1S/C32H32F2N2O2/c1-20(2)30-29(28(37)15-11-21-10-14-25(33)26(34)16-21)24-13-12-23(31-35-32(3,4)19-38-31)17-27(24)36(30)18-22-8-6-5-7-9-22/h5-10,12-14,16-17,20H,11,15,18-19H2,1-4H3. The zero-order valence-corrected chi connectivity index (χ0v) is 22.2. The lowest BCUT2D eigenvalue weighted by Crippen LogP contribution is -2.17. The van der Waals surface area contributed by atoms with Crippen molar-refractivity contribution in [3.05, 3.63) is 106 Å². The van der Waals surface area contributed by atoms with Crippen LogP contribution in [0, 0.1) is 11.6 Å². The zero-order valence-electron chi connectivity index (χ0n) is 22.2. The van der Waals surface area contributed by atoms with E-state index >= 15 is 0 Å². The second-order valence-electron chi connectivity index (χ2n) is 10.9. The minimum Gasteiger partial charge on any atom is -0.475 e. The average Bonchev–Trinajstić information content (AvgIpc) is 3.42. The number of aliphatic imine (C=N–C) groups is 1. The molecule has 0 unspecified atom stereocenters. The maximum atomic E-state index is 13.8. The molecule has 5 rings (SSSR count). The molecule has 2 heterocycles. The van der Waals surface area contributed by atoms with E-state index in [1.165, 1.54) is 12.1 Å². The minimum absolute atomic E-state index is 0.0152. The summed E-state index contributed by atoms with van der Waals surface area (Å²) in [5.41, 5.74) is 4.93. The number of fused-ring (bicyclic) bond motifs is 1. The van der Waals surface area contributed by atoms with Gasteiger partial charge < -0.3 is 9.30 Å². The Hall–Kier alpha value is -3.80. The van der Waals surface area contributed by atoms with Crippen LogP contribution in [-0.2, 0) is 17.7 Å². The van der Waals surface area contributed by atoms with E-state index in [1.54, 1.807) is 0 Å². The molecule has 0 atom stereocenters. The molecule has 0 saturated carbocycles. The first kappa shape index (κ1) is 25.8. The summed E-state index contributed by atoms with van der Waals surface area (Å²) in [5.74, 6) is -1.11. The molecule has 0 radical (unpaired) electrons. The van der Waals surface area contributed by atoms with E-state index in [9.17, 15) is 13.6 Å². The van der Waals surface area contributed by atoms with Gasteiger partial charge >= 0.3 is 0 Å². The first-order valence-electron chi connectivity index (χ1n) is 13.0. The lowest BCUT2D eigenvalue weighted by Gasteiger charge is -2.15. The van der Waals surface area contributed by atoms with Crippen molar-refractivity contribution < 1.29 is 18.3 Å². The molecule has 0 amide bonds. The van der Waals surface area contributed by atoms with Crippen LogP contribution >= 0.6 is 0 Å². The van der Waals surface area contributed by atoms with Gasteiger partial charge in [0.1, 0.15) is 6.61 Å². The van der Waals surface area contributed by atoms with E-state index in [1.807, 2.05) is 44.2 Å². The molecule has 0 N–H and O–H groups in total. The SMILES string of the molecule is CC(C)c1c(C(=O)CCc2ccc(F)c(F)c2)c2ccc(C3=NC(C)(C)CO3)cc2n1Cc1ccccc1. The summed E-state index contributed by atoms with van der Waals surface area (Å²) in [7, 11) is 0. The van der Waals surface area contributed by atoms with Crippen molar-refractivity contribution in [1.29, 1.82) is 0 Å². The van der Waals surface area contributed by atoms with Gasteiger partial charge in [-0.2, -0.15) is 0 Å². The van der Waals surface area contributed by atoms with Crippen molar-refractivity contribution in [3.8, 4) is 0 Å². The van der Waals surface area contributed by atoms with Crippen LogP contribution in [-0.4, -0.2) is 28.4 Å². The normalized spacial score (nSPS) is 14.7. The molecule has 0 aliphatic carbocycles. The molecule has 38 heavy (non-hydrogen) atoms. The Balaban J connectivity index is 1.60. The lowest BCUT2D eigenvalue weighted by atomic mass is 9.96. The molecule has 6 heteroatoms. The van der Waals surface area contributed by atoms with Crippen LogP contribution in [0.5, 0.6) is 0 Å². The summed E-state index contributed by atoms with van der Waals surface area (Å²) >= 11 is 0. The Morgan fingerprint density at radius 2 is 1.76 bits per heavy atom. The van der Waals surface area contributed by atoms with Crippen molar-refractivity contribution in [2.24, 2.45) is 4.99 Å². The fraction of sp³-hybridized carbons (Fsp3) is 0.312. The van der Waals surface area contributed by atoms with E-state index in [-0.39, 0.29) is 23.7 Å². The molecule has 1 aliphatic heterocycles. The lowest BCUT2D eigenvalue weighted by molar-refractivity contribution is 0.0982. The van der Waals surface area contributed by atoms with Crippen molar-refractivity contribution in [2.75, 3.05) is 6.61 Å². The van der Waals surface area contributed by atoms with Gasteiger partial charge in [0, 0.05) is 35.2 Å². The average molecular weight is 515 g/mol. The molecule has 4 nitrogen and oxygen atoms in total. The Morgan fingerprint density at radius 3 is 2.42 bits per heavy atom. The number of aromatic nitrogens is 1. The van der Waals surface area contributed by atoms with Gasteiger partial charge in [0.05, 0.1) is 11.1 Å². The maximum absolute atomic E-state index is 13.8. The number of ketones is 1. The molecule has 1 aromatic heterocycles. The second-order valence-corrected chi connectivity index (χ2v) is 10.9. The molecule has 0 spiro atoms. The van der Waals surface area contributed by atoms with Crippen LogP contribution in [0.3, 0.4) is 0 Å². The van der Waals surface area contributed by atoms with Crippen molar-refractivity contribution >= 4 is 22.6 Å². The number of aryl methyl sites for hydroxylation is 1. The van der Waals surface area contributed by atoms with Crippen LogP contribution < -0.4 is 0 Å². The number of rotatable bonds is 8. The fourth-order valence-electron chi connectivity index (χ4n) is 5.14. The number of benzene rings is 3. The van der Waals surface area contributed by atoms with Crippen LogP contribution in [0.2, 0.25) is 0 Å². The molecular formula is C32H32F2N2O2. The van der Waals surface area contributed by atoms with Crippen LogP contribution in [0.25, 0.3) is 10.9 Å². The number of hydrogen-bond acceptors (Lipinski definition) is 3. The quantitative estimate of drug-likeness (QED) is 0.229. The third-order valence-electron chi connectivity index (χ3n) is 6.95. The largest absolute Gasteiger partial charge is 0.475 e. The highest BCUT2D eigenvalue weighted by Crippen LogP contribution is 2.35. The van der Waals surface area contributed by atoms with Gasteiger partial charge in [-0.15, -0.1) is 0 Å². The van der Waals surface area contributed by atoms with E-state index < -0.39 is 11.6 Å². The van der Waals surface area contributed by atoms with Gasteiger partial charge in [-0.3, -0.25) is 4.79 Å². The molecule has 0 bridgehead atoms. The number of carbonyl (C=O) groups is 1. The van der Waals surface area contributed by atoms with E-state index in [4.69, 9.17) is 9.73 Å². The Kier molecular flexibility index (Phi) is 6.91. The van der Waals surface area contributed by atoms with E-state index in [0.29, 0.717) is 36.6 Å². The minimum atomic E-state index is -0.898. The number of Topliss-reactive ketones (excluding diaryl/α,β-unsaturated/α-hetero) is 1. The number of nitrogens with zero attached hydrogens (tertiary/aromatic N) is 2. The molecule has 196 valence electrons. The molecule has 0 fully saturated rings. The Bertz CT molecular complexity index is 1530. The van der Waals surface area contributed by atoms with Gasteiger partial charge in [-0.05, 0) is 61.6 Å². The number of hydrogen-bond donors (Lipinski definition) is 0. The van der Waals surface area contributed by atoms with Gasteiger partial charge in [0.25, 0.3) is 0 Å². The zero-order chi connectivity index (χ0) is 27.0. The van der Waals surface area contributed by atoms with Gasteiger partial charge in [-0.1, -0.05) is 56.3 Å². The molecule has 1 aliphatic rings. The van der Waals surface area contributed by atoms with E-state index in [0.717, 1.165) is 33.8 Å². The predicted molar refractivity (Wildman–Crippen MR) is 147 cm³/mol. The first-order valence-corrected chi connectivity index (χ1v) is 13.0. The number of carbonyl (C=O) groups excluding carboxylic acids is 1. The highest BCUT2D eigenvalue weighted by Gasteiger charge is 2.29. The van der Waals surface area contributed by atoms with Crippen LogP contribution in [0.15, 0.2) is 71.7 Å². The predicted octanol–water partition coefficient (Wildman–Crippen LogP) is 7.46. The highest BCUT2D eigenvalue weighted by atomic mass is 19.2. The van der Waals surface area contributed by atoms with Crippen molar-refractivity contribution in [3.63, 3.8) is 0 Å². The van der Waals surface area contributed by atoms with Gasteiger partial charge in [-0.25, -0.2) is 13.8 Å². The highest BCUT2D eigenvalue weighted by molar-refractivity contribution is 6.11. The summed E-state index contributed by atoms with van der Waals surface area (Å²) < 4.78 is 35.3. The summed E-state index contributed by atoms with van der Waals surface area (Å²) in [4.78, 5) is 18.5. The third kappa shape index (κ3) is 5.13. The summed E-state index contributed by atoms with van der Waals surface area (Å²) in [6.45, 7) is 9.40.